The summed E-state index contributed by atoms with van der Waals surface area (Å²) < 4.78 is 0.953. The first-order valence-corrected chi connectivity index (χ1v) is 5.06. The predicted molar refractivity (Wildman–Crippen MR) is 57.9 cm³/mol. The van der Waals surface area contributed by atoms with Gasteiger partial charge in [0.25, 0.3) is 0 Å². The van der Waals surface area contributed by atoms with Gasteiger partial charge in [0.15, 0.2) is 0 Å². The van der Waals surface area contributed by atoms with E-state index in [-0.39, 0.29) is 17.8 Å². The molecule has 0 spiro atoms. The highest BCUT2D eigenvalue weighted by Gasteiger charge is 2.13. The van der Waals surface area contributed by atoms with E-state index in [4.69, 9.17) is 11.6 Å². The van der Waals surface area contributed by atoms with Crippen molar-refractivity contribution in [2.45, 2.75) is 6.04 Å². The monoisotopic (exact) mass is 261 g/mol. The van der Waals surface area contributed by atoms with Gasteiger partial charge in [0.05, 0.1) is 6.04 Å². The number of nitrogens with one attached hydrogen (secondary N) is 1. The van der Waals surface area contributed by atoms with Crippen LogP contribution in [-0.4, -0.2) is 17.8 Å². The van der Waals surface area contributed by atoms with Crippen LogP contribution in [0.1, 0.15) is 0 Å². The molecule has 1 unspecified atom stereocenters. The number of allylic oxidation sites excluding steroid dienone is 2. The van der Waals surface area contributed by atoms with Gasteiger partial charge in [-0.2, -0.15) is 0 Å². The van der Waals surface area contributed by atoms with Crippen molar-refractivity contribution in [1.29, 1.82) is 0 Å². The summed E-state index contributed by atoms with van der Waals surface area (Å²) >= 11 is 8.67. The van der Waals surface area contributed by atoms with Gasteiger partial charge >= 0.3 is 0 Å². The molecule has 0 saturated carbocycles. The van der Waals surface area contributed by atoms with Gasteiger partial charge in [-0.25, -0.2) is 0 Å². The summed E-state index contributed by atoms with van der Waals surface area (Å²) in [5, 5.41) is 2.72. The number of amides is 1. The minimum atomic E-state index is -0.191. The summed E-state index contributed by atoms with van der Waals surface area (Å²) in [5.74, 6) is -0.216. The molecule has 0 fully saturated rings. The molecule has 0 radical (unpaired) electrons. The zero-order valence-electron chi connectivity index (χ0n) is 6.89. The Morgan fingerprint density at radius 2 is 2.46 bits per heavy atom. The lowest BCUT2D eigenvalue weighted by atomic mass is 10.0. The highest BCUT2D eigenvalue weighted by atomic mass is 79.9. The first kappa shape index (κ1) is 10.5. The third-order valence-electron chi connectivity index (χ3n) is 1.61. The van der Waals surface area contributed by atoms with Crippen molar-refractivity contribution >= 4 is 33.4 Å². The van der Waals surface area contributed by atoms with Crippen LogP contribution in [0.15, 0.2) is 34.9 Å². The summed E-state index contributed by atoms with van der Waals surface area (Å²) in [5.41, 5.74) is 0.841. The Balaban J connectivity index is 2.60. The number of hydrogen-bond acceptors (Lipinski definition) is 1. The van der Waals surface area contributed by atoms with Gasteiger partial charge in [-0.15, -0.1) is 11.6 Å². The Kier molecular flexibility index (Phi) is 3.75. The number of hydrogen-bond donors (Lipinski definition) is 1. The summed E-state index contributed by atoms with van der Waals surface area (Å²) in [6.07, 6.45) is 5.59. The summed E-state index contributed by atoms with van der Waals surface area (Å²) in [6, 6.07) is -0.132. The molecule has 0 heterocycles. The normalized spacial score (nSPS) is 21.2. The van der Waals surface area contributed by atoms with Crippen molar-refractivity contribution in [3.05, 3.63) is 34.9 Å². The molecular formula is C9H9BrClNO. The van der Waals surface area contributed by atoms with Crippen molar-refractivity contribution in [2.75, 3.05) is 5.88 Å². The molecule has 0 aromatic heterocycles. The van der Waals surface area contributed by atoms with Gasteiger partial charge < -0.3 is 5.32 Å². The molecule has 1 atom stereocenters. The van der Waals surface area contributed by atoms with Gasteiger partial charge in [-0.1, -0.05) is 28.6 Å². The van der Waals surface area contributed by atoms with Crippen LogP contribution >= 0.6 is 27.5 Å². The lowest BCUT2D eigenvalue weighted by Gasteiger charge is -2.17. The molecule has 0 aromatic rings. The van der Waals surface area contributed by atoms with Gasteiger partial charge in [-0.05, 0) is 17.7 Å². The van der Waals surface area contributed by atoms with E-state index in [1.807, 2.05) is 18.2 Å². The zero-order valence-corrected chi connectivity index (χ0v) is 9.23. The Morgan fingerprint density at radius 3 is 3.00 bits per heavy atom. The van der Waals surface area contributed by atoms with Crippen LogP contribution in [0.25, 0.3) is 0 Å². The van der Waals surface area contributed by atoms with Crippen LogP contribution < -0.4 is 5.32 Å². The third-order valence-corrected chi connectivity index (χ3v) is 2.34. The second-order valence-electron chi connectivity index (χ2n) is 2.64. The van der Waals surface area contributed by atoms with Crippen LogP contribution in [0, 0.1) is 0 Å². The Bertz CT molecular complexity index is 296. The largest absolute Gasteiger partial charge is 0.345 e. The summed E-state index contributed by atoms with van der Waals surface area (Å²) in [6.45, 7) is 3.82. The second kappa shape index (κ2) is 4.63. The van der Waals surface area contributed by atoms with E-state index >= 15 is 0 Å². The minimum Gasteiger partial charge on any atom is -0.345 e. The van der Waals surface area contributed by atoms with Crippen LogP contribution in [0.2, 0.25) is 0 Å². The predicted octanol–water partition coefficient (Wildman–Crippen LogP) is 2.11. The molecule has 0 bridgehead atoms. The molecule has 13 heavy (non-hydrogen) atoms. The maximum Gasteiger partial charge on any atom is 0.235 e. The van der Waals surface area contributed by atoms with E-state index < -0.39 is 0 Å². The van der Waals surface area contributed by atoms with E-state index in [1.165, 1.54) is 0 Å². The summed E-state index contributed by atoms with van der Waals surface area (Å²) in [4.78, 5) is 11.0. The van der Waals surface area contributed by atoms with E-state index in [0.29, 0.717) is 0 Å². The molecule has 0 saturated heterocycles. The number of carbonyl (C=O) groups is 1. The molecule has 1 N–H and O–H groups in total. The maximum atomic E-state index is 11.0. The Morgan fingerprint density at radius 1 is 1.77 bits per heavy atom. The average Bonchev–Trinajstić information content (AvgIpc) is 2.09. The minimum absolute atomic E-state index is 0.0253. The summed E-state index contributed by atoms with van der Waals surface area (Å²) in [7, 11) is 0. The fraction of sp³-hybridized carbons (Fsp3) is 0.222. The van der Waals surface area contributed by atoms with Gasteiger partial charge in [0, 0.05) is 4.48 Å². The molecule has 70 valence electrons. The van der Waals surface area contributed by atoms with Crippen molar-refractivity contribution in [3.63, 3.8) is 0 Å². The molecule has 1 amide bonds. The van der Waals surface area contributed by atoms with Crippen LogP contribution in [0.4, 0.5) is 0 Å². The smallest absolute Gasteiger partial charge is 0.235 e. The lowest BCUT2D eigenvalue weighted by Crippen LogP contribution is -2.35. The van der Waals surface area contributed by atoms with E-state index in [1.54, 1.807) is 0 Å². The highest BCUT2D eigenvalue weighted by molar-refractivity contribution is 9.11. The lowest BCUT2D eigenvalue weighted by molar-refractivity contribution is -0.118. The number of alkyl halides is 1. The topological polar surface area (TPSA) is 29.1 Å². The standard InChI is InChI=1S/C9H9BrClNO/c1-6-4-7(10)2-3-8(6)12-9(13)5-11/h2-4,8H,1,5H2,(H,12,13). The fourth-order valence-electron chi connectivity index (χ4n) is 0.980. The number of halogens is 2. The van der Waals surface area contributed by atoms with Crippen molar-refractivity contribution in [2.24, 2.45) is 0 Å². The second-order valence-corrected chi connectivity index (χ2v) is 3.83. The van der Waals surface area contributed by atoms with Crippen LogP contribution in [0.3, 0.4) is 0 Å². The van der Waals surface area contributed by atoms with Gasteiger partial charge in [0.1, 0.15) is 5.88 Å². The molecule has 0 aliphatic heterocycles. The number of carbonyl (C=O) groups excluding carboxylic acids is 1. The Labute approximate surface area is 90.5 Å². The molecule has 4 heteroatoms. The quantitative estimate of drug-likeness (QED) is 0.759. The van der Waals surface area contributed by atoms with Crippen LogP contribution in [0.5, 0.6) is 0 Å². The zero-order chi connectivity index (χ0) is 9.84. The van der Waals surface area contributed by atoms with Crippen LogP contribution in [-0.2, 0) is 4.79 Å². The van der Waals surface area contributed by atoms with Gasteiger partial charge in [-0.3, -0.25) is 4.79 Å². The molecule has 1 aliphatic rings. The van der Waals surface area contributed by atoms with Crippen molar-refractivity contribution < 1.29 is 4.79 Å². The molecule has 0 aromatic carbocycles. The number of rotatable bonds is 2. The first-order valence-electron chi connectivity index (χ1n) is 3.73. The molecular weight excluding hydrogens is 253 g/mol. The van der Waals surface area contributed by atoms with E-state index in [0.717, 1.165) is 10.1 Å². The third kappa shape index (κ3) is 3.01. The average molecular weight is 263 g/mol. The first-order chi connectivity index (χ1) is 6.13. The van der Waals surface area contributed by atoms with Crippen molar-refractivity contribution in [1.82, 2.24) is 5.32 Å². The molecule has 1 aliphatic carbocycles. The van der Waals surface area contributed by atoms with E-state index in [9.17, 15) is 4.79 Å². The van der Waals surface area contributed by atoms with Crippen molar-refractivity contribution in [3.8, 4) is 0 Å². The van der Waals surface area contributed by atoms with E-state index in [2.05, 4.69) is 27.8 Å². The maximum absolute atomic E-state index is 11.0. The Hall–Kier alpha value is -0.540. The van der Waals surface area contributed by atoms with Gasteiger partial charge in [0.2, 0.25) is 5.91 Å². The SMILES string of the molecule is C=C1C=C(Br)C=CC1NC(=O)CCl. The highest BCUT2D eigenvalue weighted by Crippen LogP contribution is 2.18. The molecule has 1 rings (SSSR count). The molecule has 2 nitrogen and oxygen atoms in total. The fourth-order valence-corrected chi connectivity index (χ4v) is 1.50.